The minimum Gasteiger partial charge on any atom is 0 e. The third-order valence-electron chi connectivity index (χ3n) is 5.37. The molecule has 0 heterocycles. The molecule has 0 atom stereocenters. The van der Waals surface area contributed by atoms with Crippen molar-refractivity contribution in [2.24, 2.45) is 0 Å². The molecule has 204 valence electrons. The Hall–Kier alpha value is -0.783. The maximum absolute atomic E-state index is 7.50. The Morgan fingerprint density at radius 1 is 0.278 bits per heavy atom. The summed E-state index contributed by atoms with van der Waals surface area (Å²) in [5, 5.41) is 0. The number of rotatable bonds is 8. The summed E-state index contributed by atoms with van der Waals surface area (Å²) >= 11 is 0. The van der Waals surface area contributed by atoms with Gasteiger partial charge in [-0.2, -0.15) is 0 Å². The molecule has 0 amide bonds. The van der Waals surface area contributed by atoms with Crippen molar-refractivity contribution in [2.45, 2.75) is 55.4 Å². The van der Waals surface area contributed by atoms with Gasteiger partial charge in [0.15, 0.2) is 0 Å². The van der Waals surface area contributed by atoms with Gasteiger partial charge in [-0.25, -0.2) is 0 Å². The van der Waals surface area contributed by atoms with E-state index in [1.807, 2.05) is 0 Å². The van der Waals surface area contributed by atoms with Crippen molar-refractivity contribution in [3.63, 3.8) is 0 Å². The van der Waals surface area contributed by atoms with Gasteiger partial charge >= 0.3 is 90.4 Å². The fraction of sp³-hybridized carbons (Fsp3) is 0.667. The average molecular weight is 676 g/mol. The van der Waals surface area contributed by atoms with E-state index in [0.29, 0.717) is 0 Å². The summed E-state index contributed by atoms with van der Waals surface area (Å²) in [5.74, 6) is 0. The normalized spacial score (nSPS) is 6.44. The number of nitrogens with zero attached hydrogens (tertiary/aromatic N) is 2. The minimum atomic E-state index is 0. The summed E-state index contributed by atoms with van der Waals surface area (Å²) in [6.45, 7) is 64.4. The molecule has 0 aliphatic carbocycles. The summed E-state index contributed by atoms with van der Waals surface area (Å²) in [6.07, 6.45) is 0. The molecule has 0 N–H and O–H groups in total. The molecule has 36 heavy (non-hydrogen) atoms. The molecule has 0 aliphatic heterocycles. The van der Waals surface area contributed by atoms with Gasteiger partial charge in [0.25, 0.3) is 0 Å². The van der Waals surface area contributed by atoms with E-state index in [-0.39, 0.29) is 42.1 Å². The fourth-order valence-electron chi connectivity index (χ4n) is 2.68. The van der Waals surface area contributed by atoms with Crippen LogP contribution in [-0.2, 0) is 79.3 Å². The molecular weight excluding hydrogens is 636 g/mol. The van der Waals surface area contributed by atoms with Crippen LogP contribution in [0, 0.1) is 53.2 Å². The molecule has 12 heteroatoms. The molecule has 0 fully saturated rings. The van der Waals surface area contributed by atoms with Crippen LogP contribution >= 0.6 is 0 Å². The zero-order valence-electron chi connectivity index (χ0n) is 22.6. The maximum Gasteiger partial charge on any atom is 0 e. The first-order valence-electron chi connectivity index (χ1n) is 9.82. The zero-order chi connectivity index (χ0) is 30.7. The van der Waals surface area contributed by atoms with Crippen molar-refractivity contribution in [3.05, 3.63) is 53.2 Å². The third-order valence-corrected chi connectivity index (χ3v) is 5.37. The average Bonchev–Trinajstić information content (AvgIpc) is 3.01. The van der Waals surface area contributed by atoms with E-state index in [1.54, 1.807) is 0 Å². The van der Waals surface area contributed by atoms with Crippen molar-refractivity contribution >= 4 is 0 Å². The molecule has 0 radical (unpaired) electrons. The molecule has 0 aliphatic rings. The number of hydrogen-bond donors (Lipinski definition) is 0. The van der Waals surface area contributed by atoms with Crippen LogP contribution in [0.3, 0.4) is 0 Å². The van der Waals surface area contributed by atoms with E-state index in [2.05, 4.69) is 109 Å². The largest absolute Gasteiger partial charge is 0 e. The van der Waals surface area contributed by atoms with Crippen molar-refractivity contribution in [2.75, 3.05) is 52.4 Å². The van der Waals surface area contributed by atoms with Crippen LogP contribution in [0.1, 0.15) is 55.4 Å². The smallest absolute Gasteiger partial charge is 0 e. The van der Waals surface area contributed by atoms with E-state index in [9.17, 15) is 0 Å². The number of hydrogen-bond acceptors (Lipinski definition) is 0. The second kappa shape index (κ2) is 102. The summed E-state index contributed by atoms with van der Waals surface area (Å²) in [6, 6.07) is 0. The molecular formula is C24H40Mo2N2O8+2. The second-order valence-electron chi connectivity index (χ2n) is 5.21. The van der Waals surface area contributed by atoms with Crippen LogP contribution in [0.25, 0.3) is 0 Å². The van der Waals surface area contributed by atoms with E-state index >= 15 is 0 Å². The monoisotopic (exact) mass is 680 g/mol. The molecule has 0 saturated carbocycles. The van der Waals surface area contributed by atoms with Crippen LogP contribution in [0.15, 0.2) is 0 Å². The van der Waals surface area contributed by atoms with Gasteiger partial charge in [-0.3, -0.25) is 0 Å². The third kappa shape index (κ3) is 64.0. The molecule has 0 aromatic carbocycles. The molecule has 0 saturated heterocycles. The van der Waals surface area contributed by atoms with E-state index in [1.165, 1.54) is 61.3 Å². The summed E-state index contributed by atoms with van der Waals surface area (Å²) < 4.78 is 62.6. The molecule has 10 nitrogen and oxygen atoms in total. The van der Waals surface area contributed by atoms with Gasteiger partial charge in [-0.1, -0.05) is 0 Å². The minimum absolute atomic E-state index is 0. The summed E-state index contributed by atoms with van der Waals surface area (Å²) in [7, 11) is 0. The maximum atomic E-state index is 7.50. The van der Waals surface area contributed by atoms with Gasteiger partial charge in [0.2, 0.25) is 0 Å². The Bertz CT molecular complexity index is 351. The zero-order valence-corrected chi connectivity index (χ0v) is 26.6. The molecule has 0 unspecified atom stereocenters. The van der Waals surface area contributed by atoms with Gasteiger partial charge in [0, 0.05) is 42.1 Å². The molecule has 0 spiro atoms. The Balaban J connectivity index is -0.0000000199. The fourth-order valence-corrected chi connectivity index (χ4v) is 2.68. The SMILES string of the molecule is CC[N+](CC)(CC)CC.CC[N+](CC)(CC)CC.[C-]#[O+].[C-]#[O+].[C-]#[O+].[C-]#[O+].[C-]#[O+].[C-]#[O+].[C-]#[O+].[C-]#[O+].[Mo].[Mo]. The summed E-state index contributed by atoms with van der Waals surface area (Å²) in [5.41, 5.74) is 0. The molecule has 0 aromatic heterocycles. The van der Waals surface area contributed by atoms with Gasteiger partial charge in [0.1, 0.15) is 0 Å². The van der Waals surface area contributed by atoms with Crippen LogP contribution in [0.4, 0.5) is 0 Å². The van der Waals surface area contributed by atoms with Gasteiger partial charge in [0.05, 0.1) is 52.4 Å². The van der Waals surface area contributed by atoms with E-state index < -0.39 is 0 Å². The van der Waals surface area contributed by atoms with Crippen LogP contribution in [-0.4, -0.2) is 61.3 Å². The van der Waals surface area contributed by atoms with E-state index in [4.69, 9.17) is 37.2 Å². The first-order valence-corrected chi connectivity index (χ1v) is 9.82. The van der Waals surface area contributed by atoms with Crippen molar-refractivity contribution < 1.29 is 88.3 Å². The van der Waals surface area contributed by atoms with Gasteiger partial charge in [-0.15, -0.1) is 0 Å². The van der Waals surface area contributed by atoms with Crippen LogP contribution < -0.4 is 0 Å². The Morgan fingerprint density at radius 3 is 0.333 bits per heavy atom. The standard InChI is InChI=1S/2C8H20N.8CO.2Mo/c2*1-5-9(6-2,7-3)8-4;8*1-2;;/h2*5-8H2,1-4H3;;;;;;;;;;/q2*+1;;;;;;;;;;. The summed E-state index contributed by atoms with van der Waals surface area (Å²) in [4.78, 5) is 0. The van der Waals surface area contributed by atoms with Crippen LogP contribution in [0.5, 0.6) is 0 Å². The topological polar surface area (TPSA) is 159 Å². The van der Waals surface area contributed by atoms with Crippen molar-refractivity contribution in [1.29, 1.82) is 0 Å². The first kappa shape index (κ1) is 76.5. The molecule has 0 aromatic rings. The number of quaternary nitrogens is 2. The van der Waals surface area contributed by atoms with Gasteiger partial charge in [-0.05, 0) is 55.4 Å². The van der Waals surface area contributed by atoms with Crippen molar-refractivity contribution in [3.8, 4) is 0 Å². The predicted octanol–water partition coefficient (Wildman–Crippen LogP) is 3.46. The Labute approximate surface area is 248 Å². The molecule has 0 bridgehead atoms. The molecule has 0 rings (SSSR count). The Morgan fingerprint density at radius 2 is 0.333 bits per heavy atom. The van der Waals surface area contributed by atoms with E-state index in [0.717, 1.165) is 0 Å². The second-order valence-corrected chi connectivity index (χ2v) is 5.21. The van der Waals surface area contributed by atoms with Gasteiger partial charge < -0.3 is 8.97 Å². The van der Waals surface area contributed by atoms with Crippen molar-refractivity contribution in [1.82, 2.24) is 0 Å². The van der Waals surface area contributed by atoms with Crippen LogP contribution in [0.2, 0.25) is 0 Å². The quantitative estimate of drug-likeness (QED) is 0.160. The first-order chi connectivity index (χ1) is 16.5. The predicted molar refractivity (Wildman–Crippen MR) is 116 cm³/mol. The Kier molecular flexibility index (Phi) is 217.